The van der Waals surface area contributed by atoms with Crippen LogP contribution >= 0.6 is 7.26 Å². The van der Waals surface area contributed by atoms with Crippen LogP contribution in [-0.4, -0.2) is 40.1 Å². The fourth-order valence-electron chi connectivity index (χ4n) is 1.40. The highest BCUT2D eigenvalue weighted by Crippen LogP contribution is 2.55. The number of rotatable bonds is 5. The highest BCUT2D eigenvalue weighted by atomic mass is 35.5. The highest BCUT2D eigenvalue weighted by Gasteiger charge is 2.41. The average Bonchev–Trinajstić information content (AvgIpc) is 2.27. The van der Waals surface area contributed by atoms with Gasteiger partial charge in [-0.2, -0.15) is 0 Å². The topological polar surface area (TPSA) is 77.8 Å². The fourth-order valence-corrected chi connectivity index (χ4v) is 3.52. The molecule has 0 unspecified atom stereocenters. The Morgan fingerprint density at radius 2 is 1.62 bits per heavy atom. The second-order valence-corrected chi connectivity index (χ2v) is 7.00. The Labute approximate surface area is 101 Å². The third-order valence-corrected chi connectivity index (χ3v) is 5.64. The number of benzene rings is 1. The lowest BCUT2D eigenvalue weighted by atomic mass is 10.4. The van der Waals surface area contributed by atoms with E-state index in [2.05, 4.69) is 0 Å². The molecule has 0 aliphatic heterocycles. The quantitative estimate of drug-likeness (QED) is 0.507. The fraction of sp³-hybridized carbons (Fsp3) is 0.300. The molecule has 0 atom stereocenters. The number of carboxylic acids is 1. The van der Waals surface area contributed by atoms with Crippen LogP contribution in [0.1, 0.15) is 0 Å². The number of aliphatic carboxylic acids is 1. The average molecular weight is 265 g/mol. The summed E-state index contributed by atoms with van der Waals surface area (Å²) in [7, 11) is -2.35. The lowest BCUT2D eigenvalue weighted by Gasteiger charge is -2.20. The third-order valence-electron chi connectivity index (χ3n) is 2.28. The Hall–Kier alpha value is -0.670. The van der Waals surface area contributed by atoms with E-state index in [-0.39, 0.29) is 31.3 Å². The smallest absolute Gasteiger partial charge is 0.341 e. The van der Waals surface area contributed by atoms with E-state index in [1.54, 1.807) is 24.3 Å². The Morgan fingerprint density at radius 1 is 1.12 bits per heavy atom. The summed E-state index contributed by atoms with van der Waals surface area (Å²) in [4.78, 5) is 10.7. The van der Waals surface area contributed by atoms with E-state index in [1.807, 2.05) is 6.07 Å². The van der Waals surface area contributed by atoms with Crippen molar-refractivity contribution < 1.29 is 32.5 Å². The summed E-state index contributed by atoms with van der Waals surface area (Å²) in [6, 6.07) is 8.87. The molecule has 1 aromatic carbocycles. The van der Waals surface area contributed by atoms with Crippen LogP contribution < -0.4 is 17.7 Å². The van der Waals surface area contributed by atoms with Crippen molar-refractivity contribution in [2.24, 2.45) is 0 Å². The number of halogens is 1. The maximum absolute atomic E-state index is 10.7. The van der Waals surface area contributed by atoms with Crippen molar-refractivity contribution in [1.82, 2.24) is 0 Å². The maximum Gasteiger partial charge on any atom is 0.341 e. The van der Waals surface area contributed by atoms with Gasteiger partial charge >= 0.3 is 5.97 Å². The van der Waals surface area contributed by atoms with Crippen molar-refractivity contribution in [3.05, 3.63) is 30.3 Å². The van der Waals surface area contributed by atoms with Gasteiger partial charge in [-0.25, -0.2) is 4.79 Å². The molecular formula is C10H14ClO4P. The standard InChI is InChI=1S/C10H13O4P.ClH/c11-7-15(8-12,6-10(13)14)9-4-2-1-3-5-9;/h1-5,11-12H,6-8H2;1H. The molecule has 3 N–H and O–H groups in total. The first-order valence-electron chi connectivity index (χ1n) is 4.50. The van der Waals surface area contributed by atoms with Crippen molar-refractivity contribution >= 4 is 18.5 Å². The van der Waals surface area contributed by atoms with Gasteiger partial charge in [0.15, 0.2) is 18.9 Å². The molecule has 4 nitrogen and oxygen atoms in total. The molecule has 0 radical (unpaired) electrons. The second-order valence-electron chi connectivity index (χ2n) is 3.32. The minimum Gasteiger partial charge on any atom is -1.00 e. The summed E-state index contributed by atoms with van der Waals surface area (Å²) in [5, 5.41) is 28.1. The second kappa shape index (κ2) is 6.81. The van der Waals surface area contributed by atoms with Crippen LogP contribution in [0.25, 0.3) is 0 Å². The van der Waals surface area contributed by atoms with Crippen molar-refractivity contribution in [3.63, 3.8) is 0 Å². The minimum atomic E-state index is -2.35. The summed E-state index contributed by atoms with van der Waals surface area (Å²) in [5.41, 5.74) is 0. The van der Waals surface area contributed by atoms with E-state index in [9.17, 15) is 15.0 Å². The van der Waals surface area contributed by atoms with Crippen LogP contribution in [0, 0.1) is 0 Å². The lowest BCUT2D eigenvalue weighted by Crippen LogP contribution is -3.00. The Kier molecular flexibility index (Phi) is 6.53. The van der Waals surface area contributed by atoms with Gasteiger partial charge in [-0.3, -0.25) is 0 Å². The van der Waals surface area contributed by atoms with Crippen molar-refractivity contribution in [3.8, 4) is 0 Å². The van der Waals surface area contributed by atoms with Crippen molar-refractivity contribution in [1.29, 1.82) is 0 Å². The van der Waals surface area contributed by atoms with E-state index >= 15 is 0 Å². The number of aliphatic hydroxyl groups excluding tert-OH is 2. The first-order chi connectivity index (χ1) is 7.14. The van der Waals surface area contributed by atoms with Crippen LogP contribution in [-0.2, 0) is 4.79 Å². The summed E-state index contributed by atoms with van der Waals surface area (Å²) >= 11 is 0. The van der Waals surface area contributed by atoms with E-state index in [4.69, 9.17) is 5.11 Å². The summed E-state index contributed by atoms with van der Waals surface area (Å²) in [5.74, 6) is -0.990. The molecule has 0 saturated carbocycles. The molecule has 16 heavy (non-hydrogen) atoms. The maximum atomic E-state index is 10.7. The van der Waals surface area contributed by atoms with Crippen LogP contribution in [0.3, 0.4) is 0 Å². The number of hydrogen-bond acceptors (Lipinski definition) is 3. The van der Waals surface area contributed by atoms with Gasteiger partial charge in [-0.15, -0.1) is 0 Å². The molecule has 0 aliphatic rings. The zero-order chi connectivity index (χ0) is 11.3. The Balaban J connectivity index is 0.00000225. The number of hydrogen-bond donors (Lipinski definition) is 3. The molecule has 0 aromatic heterocycles. The zero-order valence-electron chi connectivity index (χ0n) is 8.58. The highest BCUT2D eigenvalue weighted by molar-refractivity contribution is 7.83. The lowest BCUT2D eigenvalue weighted by molar-refractivity contribution is -0.134. The predicted octanol–water partition coefficient (Wildman–Crippen LogP) is -2.68. The van der Waals surface area contributed by atoms with Gasteiger partial charge in [0, 0.05) is 0 Å². The van der Waals surface area contributed by atoms with Gasteiger partial charge in [0.1, 0.15) is 7.26 Å². The number of carboxylic acid groups (broad SMARTS) is 1. The van der Waals surface area contributed by atoms with Gasteiger partial charge in [0.05, 0.1) is 5.30 Å². The van der Waals surface area contributed by atoms with E-state index < -0.39 is 13.2 Å². The predicted molar refractivity (Wildman–Crippen MR) is 59.7 cm³/mol. The summed E-state index contributed by atoms with van der Waals surface area (Å²) < 4.78 is 0. The molecule has 0 heterocycles. The molecule has 1 rings (SSSR count). The monoisotopic (exact) mass is 264 g/mol. The number of carbonyl (C=O) groups is 1. The molecule has 0 saturated heterocycles. The number of aliphatic hydroxyl groups is 2. The molecule has 90 valence electrons. The zero-order valence-corrected chi connectivity index (χ0v) is 10.2. The largest absolute Gasteiger partial charge is 1.00 e. The van der Waals surface area contributed by atoms with Crippen molar-refractivity contribution in [2.45, 2.75) is 0 Å². The van der Waals surface area contributed by atoms with Gasteiger partial charge in [0.2, 0.25) is 0 Å². The molecule has 1 aromatic rings. The van der Waals surface area contributed by atoms with E-state index in [1.165, 1.54) is 0 Å². The molecule has 0 aliphatic carbocycles. The van der Waals surface area contributed by atoms with Crippen LogP contribution in [0.5, 0.6) is 0 Å². The van der Waals surface area contributed by atoms with Crippen LogP contribution in [0.4, 0.5) is 0 Å². The molecule has 0 spiro atoms. The normalized spacial score (nSPS) is 10.6. The molecule has 6 heteroatoms. The molecule has 0 amide bonds. The van der Waals surface area contributed by atoms with E-state index in [0.717, 1.165) is 5.30 Å². The van der Waals surface area contributed by atoms with Crippen molar-refractivity contribution in [2.75, 3.05) is 18.9 Å². The first kappa shape index (κ1) is 15.3. The third kappa shape index (κ3) is 3.42. The van der Waals surface area contributed by atoms with Gasteiger partial charge in [-0.1, -0.05) is 18.2 Å². The Morgan fingerprint density at radius 3 is 2.00 bits per heavy atom. The molecular weight excluding hydrogens is 251 g/mol. The van der Waals surface area contributed by atoms with E-state index in [0.29, 0.717) is 0 Å². The molecule has 0 bridgehead atoms. The van der Waals surface area contributed by atoms with Crippen LogP contribution in [0.15, 0.2) is 30.3 Å². The Bertz CT molecular complexity index is 327. The molecule has 0 fully saturated rings. The summed E-state index contributed by atoms with van der Waals surface area (Å²) in [6.45, 7) is 0. The van der Waals surface area contributed by atoms with Crippen LogP contribution in [0.2, 0.25) is 0 Å². The van der Waals surface area contributed by atoms with Gasteiger partial charge in [0.25, 0.3) is 0 Å². The SMILES string of the molecule is O=C(O)C[P+](CO)(CO)c1ccccc1.[Cl-]. The minimum absolute atomic E-state index is 0. The van der Waals surface area contributed by atoms with Gasteiger partial charge < -0.3 is 27.7 Å². The van der Waals surface area contributed by atoms with Gasteiger partial charge in [-0.05, 0) is 12.1 Å². The summed E-state index contributed by atoms with van der Waals surface area (Å²) in [6.07, 6.45) is -0.733. The first-order valence-corrected chi connectivity index (χ1v) is 6.84.